The Kier molecular flexibility index (Phi) is 2.11. The van der Waals surface area contributed by atoms with Gasteiger partial charge in [0, 0.05) is 5.56 Å². The number of nitrogens with zero attached hydrogens (tertiary/aromatic N) is 1. The van der Waals surface area contributed by atoms with Crippen molar-refractivity contribution < 1.29 is 4.42 Å². The Balaban J connectivity index is 2.23. The van der Waals surface area contributed by atoms with Gasteiger partial charge in [-0.05, 0) is 18.1 Å². The highest BCUT2D eigenvalue weighted by Gasteiger charge is 1.87. The quantitative estimate of drug-likeness (QED) is 0.564. The molecule has 0 radical (unpaired) electrons. The molecule has 1 aromatic heterocycles. The lowest BCUT2D eigenvalue weighted by Crippen LogP contribution is -1.73. The highest BCUT2D eigenvalue weighted by Crippen LogP contribution is 1.96. The number of hydrogen-bond donors (Lipinski definition) is 0. The van der Waals surface area contributed by atoms with Crippen molar-refractivity contribution in [1.82, 2.24) is 4.98 Å². The molecule has 0 N–H and O–H groups in total. The van der Waals surface area contributed by atoms with Gasteiger partial charge in [-0.2, -0.15) is 0 Å². The number of hydrogen-bond acceptors (Lipinski definition) is 2. The molecule has 0 saturated heterocycles. The van der Waals surface area contributed by atoms with Crippen LogP contribution in [0.25, 0.3) is 0 Å². The second-order valence-corrected chi connectivity index (χ2v) is 2.45. The first kappa shape index (κ1) is 7.63. The van der Waals surface area contributed by atoms with E-state index < -0.39 is 0 Å². The average molecular weight is 169 g/mol. The Morgan fingerprint density at radius 1 is 1.08 bits per heavy atom. The summed E-state index contributed by atoms with van der Waals surface area (Å²) in [6, 6.07) is 9.72. The third-order valence-electron chi connectivity index (χ3n) is 1.52. The van der Waals surface area contributed by atoms with Gasteiger partial charge in [-0.1, -0.05) is 24.1 Å². The Bertz CT molecular complexity index is 420. The topological polar surface area (TPSA) is 26.0 Å². The zero-order valence-corrected chi connectivity index (χ0v) is 6.90. The van der Waals surface area contributed by atoms with Crippen LogP contribution in [-0.4, -0.2) is 4.98 Å². The van der Waals surface area contributed by atoms with Gasteiger partial charge < -0.3 is 4.42 Å². The lowest BCUT2D eigenvalue weighted by Gasteiger charge is -1.84. The van der Waals surface area contributed by atoms with Crippen LogP contribution in [-0.2, 0) is 0 Å². The summed E-state index contributed by atoms with van der Waals surface area (Å²) in [5.74, 6) is 6.20. The van der Waals surface area contributed by atoms with Gasteiger partial charge in [0.1, 0.15) is 6.26 Å². The second kappa shape index (κ2) is 3.59. The number of rotatable bonds is 0. The van der Waals surface area contributed by atoms with Crippen molar-refractivity contribution in [3.05, 3.63) is 54.2 Å². The maximum absolute atomic E-state index is 4.97. The summed E-state index contributed by atoms with van der Waals surface area (Å²) < 4.78 is 4.97. The van der Waals surface area contributed by atoms with E-state index in [1.54, 1.807) is 6.20 Å². The van der Waals surface area contributed by atoms with E-state index in [1.165, 1.54) is 6.26 Å². The molecule has 2 aromatic rings. The highest BCUT2D eigenvalue weighted by molar-refractivity contribution is 5.36. The molecule has 2 rings (SSSR count). The van der Waals surface area contributed by atoms with E-state index in [2.05, 4.69) is 16.8 Å². The fourth-order valence-corrected chi connectivity index (χ4v) is 0.932. The molecule has 1 heterocycles. The van der Waals surface area contributed by atoms with E-state index in [0.29, 0.717) is 5.89 Å². The van der Waals surface area contributed by atoms with Crippen LogP contribution in [0, 0.1) is 11.8 Å². The van der Waals surface area contributed by atoms with E-state index in [0.717, 1.165) is 5.56 Å². The van der Waals surface area contributed by atoms with E-state index >= 15 is 0 Å². The zero-order chi connectivity index (χ0) is 8.93. The molecule has 0 atom stereocenters. The molecule has 0 spiro atoms. The first-order valence-corrected chi connectivity index (χ1v) is 3.92. The minimum absolute atomic E-state index is 0.448. The van der Waals surface area contributed by atoms with Gasteiger partial charge in [0.25, 0.3) is 5.89 Å². The minimum Gasteiger partial charge on any atom is -0.439 e. The van der Waals surface area contributed by atoms with Crippen molar-refractivity contribution in [2.75, 3.05) is 0 Å². The monoisotopic (exact) mass is 169 g/mol. The van der Waals surface area contributed by atoms with Crippen molar-refractivity contribution in [3.8, 4) is 11.8 Å². The first-order valence-electron chi connectivity index (χ1n) is 3.92. The Morgan fingerprint density at radius 2 is 1.92 bits per heavy atom. The fourth-order valence-electron chi connectivity index (χ4n) is 0.932. The van der Waals surface area contributed by atoms with Crippen LogP contribution in [0.1, 0.15) is 11.5 Å². The first-order chi connectivity index (χ1) is 6.45. The smallest absolute Gasteiger partial charge is 0.273 e. The van der Waals surface area contributed by atoms with Crippen LogP contribution >= 0.6 is 0 Å². The SMILES string of the molecule is C(#Cc1ncco1)c1ccccc1. The zero-order valence-electron chi connectivity index (χ0n) is 6.90. The molecule has 1 aromatic carbocycles. The maximum atomic E-state index is 4.97. The van der Waals surface area contributed by atoms with Crippen molar-refractivity contribution in [2.45, 2.75) is 0 Å². The third kappa shape index (κ3) is 1.97. The van der Waals surface area contributed by atoms with Gasteiger partial charge in [0.15, 0.2) is 0 Å². The van der Waals surface area contributed by atoms with Gasteiger partial charge in [-0.15, -0.1) is 0 Å². The normalized spacial score (nSPS) is 8.92. The van der Waals surface area contributed by atoms with Gasteiger partial charge in [0.2, 0.25) is 0 Å². The molecular formula is C11H7NO. The molecule has 0 aliphatic heterocycles. The van der Waals surface area contributed by atoms with Crippen LogP contribution in [0.4, 0.5) is 0 Å². The van der Waals surface area contributed by atoms with Crippen LogP contribution in [0.2, 0.25) is 0 Å². The maximum Gasteiger partial charge on any atom is 0.273 e. The molecule has 62 valence electrons. The Morgan fingerprint density at radius 3 is 2.62 bits per heavy atom. The number of benzene rings is 1. The average Bonchev–Trinajstić information content (AvgIpc) is 2.69. The highest BCUT2D eigenvalue weighted by atomic mass is 16.3. The molecule has 0 saturated carbocycles. The summed E-state index contributed by atoms with van der Waals surface area (Å²) in [7, 11) is 0. The van der Waals surface area contributed by atoms with Gasteiger partial charge in [-0.25, -0.2) is 4.98 Å². The Hall–Kier alpha value is -2.01. The van der Waals surface area contributed by atoms with Crippen LogP contribution in [0.3, 0.4) is 0 Å². The second-order valence-electron chi connectivity index (χ2n) is 2.45. The van der Waals surface area contributed by atoms with Crippen molar-refractivity contribution in [1.29, 1.82) is 0 Å². The minimum atomic E-state index is 0.448. The van der Waals surface area contributed by atoms with E-state index in [1.807, 2.05) is 30.3 Å². The molecule has 0 aliphatic carbocycles. The molecule has 13 heavy (non-hydrogen) atoms. The Labute approximate surface area is 76.2 Å². The van der Waals surface area contributed by atoms with E-state index in [9.17, 15) is 0 Å². The lowest BCUT2D eigenvalue weighted by molar-refractivity contribution is 0.543. The summed E-state index contributed by atoms with van der Waals surface area (Å²) >= 11 is 0. The van der Waals surface area contributed by atoms with Crippen molar-refractivity contribution >= 4 is 0 Å². The summed E-state index contributed by atoms with van der Waals surface area (Å²) in [5.41, 5.74) is 0.959. The molecule has 0 aliphatic rings. The lowest BCUT2D eigenvalue weighted by atomic mass is 10.2. The molecule has 0 bridgehead atoms. The number of oxazole rings is 1. The summed E-state index contributed by atoms with van der Waals surface area (Å²) in [4.78, 5) is 3.89. The molecule has 2 nitrogen and oxygen atoms in total. The van der Waals surface area contributed by atoms with Gasteiger partial charge >= 0.3 is 0 Å². The van der Waals surface area contributed by atoms with Crippen LogP contribution in [0.5, 0.6) is 0 Å². The largest absolute Gasteiger partial charge is 0.439 e. The molecular weight excluding hydrogens is 162 g/mol. The van der Waals surface area contributed by atoms with E-state index in [4.69, 9.17) is 4.42 Å². The summed E-state index contributed by atoms with van der Waals surface area (Å²) in [5, 5.41) is 0. The summed E-state index contributed by atoms with van der Waals surface area (Å²) in [6.07, 6.45) is 3.09. The summed E-state index contributed by atoms with van der Waals surface area (Å²) in [6.45, 7) is 0. The van der Waals surface area contributed by atoms with Gasteiger partial charge in [0.05, 0.1) is 6.20 Å². The molecule has 0 amide bonds. The third-order valence-corrected chi connectivity index (χ3v) is 1.52. The van der Waals surface area contributed by atoms with Crippen LogP contribution < -0.4 is 0 Å². The van der Waals surface area contributed by atoms with Crippen molar-refractivity contribution in [2.24, 2.45) is 0 Å². The molecule has 0 fully saturated rings. The molecule has 2 heteroatoms. The molecule has 0 unspecified atom stereocenters. The van der Waals surface area contributed by atoms with Crippen LogP contribution in [0.15, 0.2) is 47.2 Å². The van der Waals surface area contributed by atoms with E-state index in [-0.39, 0.29) is 0 Å². The van der Waals surface area contributed by atoms with Crippen molar-refractivity contribution in [3.63, 3.8) is 0 Å². The standard InChI is InChI=1S/C11H7NO/c1-2-4-10(5-3-1)6-7-11-12-8-9-13-11/h1-5,8-9H. The van der Waals surface area contributed by atoms with Gasteiger partial charge in [-0.3, -0.25) is 0 Å². The fraction of sp³-hybridized carbons (Fsp3) is 0. The predicted octanol–water partition coefficient (Wildman–Crippen LogP) is 2.07. The number of aromatic nitrogens is 1. The predicted molar refractivity (Wildman–Crippen MR) is 48.9 cm³/mol.